The molecule has 21 heavy (non-hydrogen) atoms. The SMILES string of the molecule is CCCCNc1nc(C#N)cc2cc(C(F)(F)F)cnc12. The van der Waals surface area contributed by atoms with Gasteiger partial charge in [-0.05, 0) is 18.6 Å². The molecule has 2 aromatic rings. The minimum absolute atomic E-state index is 0.0580. The summed E-state index contributed by atoms with van der Waals surface area (Å²) in [5, 5.41) is 12.2. The van der Waals surface area contributed by atoms with Crippen molar-refractivity contribution < 1.29 is 13.2 Å². The maximum Gasteiger partial charge on any atom is 0.417 e. The summed E-state index contributed by atoms with van der Waals surface area (Å²) in [7, 11) is 0. The minimum atomic E-state index is -4.47. The Morgan fingerprint density at radius 2 is 2.10 bits per heavy atom. The van der Waals surface area contributed by atoms with E-state index in [0.717, 1.165) is 25.1 Å². The quantitative estimate of drug-likeness (QED) is 0.873. The lowest BCUT2D eigenvalue weighted by atomic mass is 10.1. The number of nitrogens with one attached hydrogen (secondary N) is 1. The first-order chi connectivity index (χ1) is 9.95. The number of unbranched alkanes of at least 4 members (excludes halogenated alkanes) is 1. The fourth-order valence-electron chi connectivity index (χ4n) is 1.86. The van der Waals surface area contributed by atoms with E-state index >= 15 is 0 Å². The molecule has 4 nitrogen and oxygen atoms in total. The monoisotopic (exact) mass is 294 g/mol. The lowest BCUT2D eigenvalue weighted by Gasteiger charge is -2.11. The zero-order chi connectivity index (χ0) is 15.5. The second kappa shape index (κ2) is 5.95. The largest absolute Gasteiger partial charge is 0.417 e. The molecule has 0 unspecified atom stereocenters. The molecule has 0 amide bonds. The van der Waals surface area contributed by atoms with Gasteiger partial charge in [-0.2, -0.15) is 18.4 Å². The van der Waals surface area contributed by atoms with E-state index in [4.69, 9.17) is 5.26 Å². The topological polar surface area (TPSA) is 61.6 Å². The third-order valence-electron chi connectivity index (χ3n) is 2.93. The zero-order valence-electron chi connectivity index (χ0n) is 11.3. The van der Waals surface area contributed by atoms with Gasteiger partial charge in [0.25, 0.3) is 0 Å². The lowest BCUT2D eigenvalue weighted by Crippen LogP contribution is -2.08. The molecule has 1 N–H and O–H groups in total. The number of pyridine rings is 2. The van der Waals surface area contributed by atoms with Crippen LogP contribution in [0.5, 0.6) is 0 Å². The second-order valence-electron chi connectivity index (χ2n) is 4.54. The van der Waals surface area contributed by atoms with Gasteiger partial charge in [-0.1, -0.05) is 13.3 Å². The summed E-state index contributed by atoms with van der Waals surface area (Å²) in [6.45, 7) is 2.64. The molecular formula is C14H13F3N4. The number of aromatic nitrogens is 2. The van der Waals surface area contributed by atoms with Gasteiger partial charge in [-0.15, -0.1) is 0 Å². The first-order valence-electron chi connectivity index (χ1n) is 6.47. The van der Waals surface area contributed by atoms with Crippen molar-refractivity contribution in [3.05, 3.63) is 29.6 Å². The average molecular weight is 294 g/mol. The van der Waals surface area contributed by atoms with Gasteiger partial charge < -0.3 is 5.32 Å². The molecule has 0 aromatic carbocycles. The Morgan fingerprint density at radius 3 is 2.71 bits per heavy atom. The Hall–Kier alpha value is -2.36. The van der Waals surface area contributed by atoms with E-state index in [1.54, 1.807) is 0 Å². The van der Waals surface area contributed by atoms with Crippen molar-refractivity contribution in [1.82, 2.24) is 9.97 Å². The van der Waals surface area contributed by atoms with E-state index in [2.05, 4.69) is 15.3 Å². The van der Waals surface area contributed by atoms with Gasteiger partial charge in [-0.3, -0.25) is 4.98 Å². The molecule has 0 aliphatic heterocycles. The predicted molar refractivity (Wildman–Crippen MR) is 72.7 cm³/mol. The Kier molecular flexibility index (Phi) is 4.26. The Balaban J connectivity index is 2.51. The highest BCUT2D eigenvalue weighted by atomic mass is 19.4. The third kappa shape index (κ3) is 3.40. The number of fused-ring (bicyclic) bond motifs is 1. The Bertz CT molecular complexity index is 689. The smallest absolute Gasteiger partial charge is 0.368 e. The molecular weight excluding hydrogens is 281 g/mol. The van der Waals surface area contributed by atoms with Crippen LogP contribution in [0.15, 0.2) is 18.3 Å². The van der Waals surface area contributed by atoms with E-state index in [9.17, 15) is 13.2 Å². The number of anilines is 1. The standard InChI is InChI=1S/C14H13F3N4/c1-2-3-4-19-13-12-9(6-11(7-18)21-13)5-10(8-20-12)14(15,16)17/h5-6,8H,2-4H2,1H3,(H,19,21). The molecule has 0 saturated carbocycles. The maximum absolute atomic E-state index is 12.7. The van der Waals surface area contributed by atoms with Crippen LogP contribution in [0.25, 0.3) is 10.9 Å². The molecule has 0 saturated heterocycles. The van der Waals surface area contributed by atoms with Crippen molar-refractivity contribution in [2.75, 3.05) is 11.9 Å². The lowest BCUT2D eigenvalue weighted by molar-refractivity contribution is -0.137. The summed E-state index contributed by atoms with van der Waals surface area (Å²) in [5.41, 5.74) is -0.453. The molecule has 2 aromatic heterocycles. The van der Waals surface area contributed by atoms with Crippen LogP contribution < -0.4 is 5.32 Å². The van der Waals surface area contributed by atoms with Crippen LogP contribution in [-0.4, -0.2) is 16.5 Å². The maximum atomic E-state index is 12.7. The van der Waals surface area contributed by atoms with E-state index < -0.39 is 11.7 Å². The molecule has 0 spiro atoms. The number of hydrogen-bond donors (Lipinski definition) is 1. The normalized spacial score (nSPS) is 11.4. The Morgan fingerprint density at radius 1 is 1.33 bits per heavy atom. The zero-order valence-corrected chi connectivity index (χ0v) is 11.3. The van der Waals surface area contributed by atoms with Crippen molar-refractivity contribution in [3.8, 4) is 6.07 Å². The van der Waals surface area contributed by atoms with Crippen LogP contribution in [0.4, 0.5) is 19.0 Å². The summed E-state index contributed by atoms with van der Waals surface area (Å²) >= 11 is 0. The van der Waals surface area contributed by atoms with Crippen LogP contribution >= 0.6 is 0 Å². The fourth-order valence-corrected chi connectivity index (χ4v) is 1.86. The van der Waals surface area contributed by atoms with Gasteiger partial charge in [0.05, 0.1) is 5.56 Å². The van der Waals surface area contributed by atoms with Gasteiger partial charge in [-0.25, -0.2) is 4.98 Å². The molecule has 7 heteroatoms. The van der Waals surface area contributed by atoms with Gasteiger partial charge in [0, 0.05) is 18.1 Å². The van der Waals surface area contributed by atoms with Crippen LogP contribution in [0.3, 0.4) is 0 Å². The molecule has 0 atom stereocenters. The van der Waals surface area contributed by atoms with E-state index in [-0.39, 0.29) is 11.1 Å². The van der Waals surface area contributed by atoms with Crippen LogP contribution in [0, 0.1) is 11.3 Å². The molecule has 2 heterocycles. The van der Waals surface area contributed by atoms with Crippen LogP contribution in [0.2, 0.25) is 0 Å². The average Bonchev–Trinajstić information content (AvgIpc) is 2.45. The van der Waals surface area contributed by atoms with Crippen molar-refractivity contribution in [3.63, 3.8) is 0 Å². The summed E-state index contributed by atoms with van der Waals surface area (Å²) < 4.78 is 38.1. The number of alkyl halides is 3. The first-order valence-corrected chi connectivity index (χ1v) is 6.47. The van der Waals surface area contributed by atoms with Crippen molar-refractivity contribution in [2.45, 2.75) is 25.9 Å². The van der Waals surface area contributed by atoms with Gasteiger partial charge in [0.1, 0.15) is 17.3 Å². The molecule has 0 aliphatic carbocycles. The molecule has 0 fully saturated rings. The van der Waals surface area contributed by atoms with Crippen LogP contribution in [-0.2, 0) is 6.18 Å². The summed E-state index contributed by atoms with van der Waals surface area (Å²) in [5.74, 6) is 0.339. The highest BCUT2D eigenvalue weighted by Crippen LogP contribution is 2.31. The van der Waals surface area contributed by atoms with Gasteiger partial charge in [0.2, 0.25) is 0 Å². The summed E-state index contributed by atoms with van der Waals surface area (Å²) in [6.07, 6.45) is -1.83. The highest BCUT2D eigenvalue weighted by molar-refractivity contribution is 5.89. The number of hydrogen-bond acceptors (Lipinski definition) is 4. The number of halogens is 3. The van der Waals surface area contributed by atoms with E-state index in [0.29, 0.717) is 17.9 Å². The summed E-state index contributed by atoms with van der Waals surface area (Å²) in [4.78, 5) is 7.91. The van der Waals surface area contributed by atoms with E-state index in [1.807, 2.05) is 13.0 Å². The van der Waals surface area contributed by atoms with Gasteiger partial charge >= 0.3 is 6.18 Å². The number of nitrogens with zero attached hydrogens (tertiary/aromatic N) is 3. The molecule has 0 bridgehead atoms. The fraction of sp³-hybridized carbons (Fsp3) is 0.357. The van der Waals surface area contributed by atoms with Gasteiger partial charge in [0.15, 0.2) is 5.82 Å². The van der Waals surface area contributed by atoms with Crippen molar-refractivity contribution in [2.24, 2.45) is 0 Å². The Labute approximate surface area is 119 Å². The third-order valence-corrected chi connectivity index (χ3v) is 2.93. The number of rotatable bonds is 4. The highest BCUT2D eigenvalue weighted by Gasteiger charge is 2.31. The predicted octanol–water partition coefficient (Wildman–Crippen LogP) is 3.73. The minimum Gasteiger partial charge on any atom is -0.368 e. The van der Waals surface area contributed by atoms with E-state index in [1.165, 1.54) is 6.07 Å². The molecule has 110 valence electrons. The van der Waals surface area contributed by atoms with Crippen LogP contribution in [0.1, 0.15) is 31.0 Å². The molecule has 0 radical (unpaired) electrons. The molecule has 0 aliphatic rings. The summed E-state index contributed by atoms with van der Waals surface area (Å²) in [6, 6.07) is 4.14. The molecule has 2 rings (SSSR count). The second-order valence-corrected chi connectivity index (χ2v) is 4.54. The first kappa shape index (κ1) is 15.0. The van der Waals surface area contributed by atoms with Crippen molar-refractivity contribution in [1.29, 1.82) is 5.26 Å². The van der Waals surface area contributed by atoms with Crippen molar-refractivity contribution >= 4 is 16.7 Å². The number of nitriles is 1.